The van der Waals surface area contributed by atoms with Crippen molar-refractivity contribution in [3.8, 4) is 0 Å². The van der Waals surface area contributed by atoms with Crippen molar-refractivity contribution in [3.05, 3.63) is 0 Å². The number of nitrogens with zero attached hydrogens (tertiary/aromatic N) is 1. The molecule has 0 aliphatic rings. The Labute approximate surface area is 73.9 Å². The second-order valence-electron chi connectivity index (χ2n) is 3.10. The highest BCUT2D eigenvalue weighted by Gasteiger charge is 2.05. The van der Waals surface area contributed by atoms with Crippen LogP contribution in [0, 0.1) is 0 Å². The number of hydrogen-bond acceptors (Lipinski definition) is 3. The summed E-state index contributed by atoms with van der Waals surface area (Å²) in [5.41, 5.74) is 10.6. The molecule has 0 saturated heterocycles. The molecule has 4 N–H and O–H groups in total. The van der Waals surface area contributed by atoms with E-state index in [4.69, 9.17) is 11.5 Å². The topological polar surface area (TPSA) is 72.3 Å². The largest absolute Gasteiger partial charge is 0.369 e. The number of nitrogens with two attached hydrogens (primary N) is 2. The number of carbonyl (C=O) groups excluding carboxylic acids is 1. The molecular formula is C8H19N3O. The summed E-state index contributed by atoms with van der Waals surface area (Å²) in [5, 5.41) is 0. The molecule has 12 heavy (non-hydrogen) atoms. The maximum atomic E-state index is 10.6. The van der Waals surface area contributed by atoms with Gasteiger partial charge in [-0.3, -0.25) is 9.69 Å². The number of likely N-dealkylation sites (N-methyl/N-ethyl adjacent to an activating group) is 1. The average Bonchev–Trinajstić information content (AvgIpc) is 1.97. The molecule has 0 aromatic carbocycles. The Morgan fingerprint density at radius 3 is 2.50 bits per heavy atom. The Balaban J connectivity index is 3.60. The van der Waals surface area contributed by atoms with Crippen LogP contribution in [0.25, 0.3) is 0 Å². The summed E-state index contributed by atoms with van der Waals surface area (Å²) < 4.78 is 0. The molecule has 0 fully saturated rings. The van der Waals surface area contributed by atoms with E-state index in [2.05, 4.69) is 0 Å². The van der Waals surface area contributed by atoms with E-state index < -0.39 is 0 Å². The fourth-order valence-electron chi connectivity index (χ4n) is 0.956. The van der Waals surface area contributed by atoms with Crippen LogP contribution in [0.4, 0.5) is 0 Å². The Morgan fingerprint density at radius 1 is 1.58 bits per heavy atom. The lowest BCUT2D eigenvalue weighted by Crippen LogP contribution is -2.36. The van der Waals surface area contributed by atoms with E-state index in [-0.39, 0.29) is 11.9 Å². The van der Waals surface area contributed by atoms with Gasteiger partial charge in [-0.05, 0) is 19.9 Å². The number of primary amides is 1. The second kappa shape index (κ2) is 5.97. The normalized spacial score (nSPS) is 13.3. The lowest BCUT2D eigenvalue weighted by atomic mass is 10.2. The van der Waals surface area contributed by atoms with Crippen molar-refractivity contribution in [3.63, 3.8) is 0 Å². The van der Waals surface area contributed by atoms with Gasteiger partial charge in [0, 0.05) is 12.6 Å². The van der Waals surface area contributed by atoms with Gasteiger partial charge in [0.15, 0.2) is 0 Å². The van der Waals surface area contributed by atoms with Crippen LogP contribution in [-0.2, 0) is 4.79 Å². The van der Waals surface area contributed by atoms with E-state index in [0.717, 1.165) is 19.5 Å². The third kappa shape index (κ3) is 6.12. The van der Waals surface area contributed by atoms with E-state index in [9.17, 15) is 4.79 Å². The molecule has 4 heteroatoms. The van der Waals surface area contributed by atoms with Crippen molar-refractivity contribution < 1.29 is 4.79 Å². The van der Waals surface area contributed by atoms with Crippen molar-refractivity contribution in [1.29, 1.82) is 0 Å². The molecule has 0 aliphatic heterocycles. The molecule has 72 valence electrons. The first-order chi connectivity index (χ1) is 5.56. The van der Waals surface area contributed by atoms with Crippen molar-refractivity contribution in [2.45, 2.75) is 26.3 Å². The predicted octanol–water partition coefficient (Wildman–Crippen LogP) is -0.469. The molecular weight excluding hydrogens is 154 g/mol. The maximum absolute atomic E-state index is 10.6. The van der Waals surface area contributed by atoms with Crippen LogP contribution in [0.1, 0.15) is 20.3 Å². The highest BCUT2D eigenvalue weighted by atomic mass is 16.1. The predicted molar refractivity (Wildman–Crippen MR) is 49.6 cm³/mol. The number of amides is 1. The number of hydrogen-bond donors (Lipinski definition) is 2. The SMILES string of the molecule is CCN(CCC(C)N)CC(N)=O. The van der Waals surface area contributed by atoms with E-state index in [1.165, 1.54) is 0 Å². The molecule has 1 unspecified atom stereocenters. The first kappa shape index (κ1) is 11.4. The van der Waals surface area contributed by atoms with Gasteiger partial charge in [-0.2, -0.15) is 0 Å². The lowest BCUT2D eigenvalue weighted by Gasteiger charge is -2.19. The minimum absolute atomic E-state index is 0.187. The molecule has 0 heterocycles. The lowest BCUT2D eigenvalue weighted by molar-refractivity contribution is -0.119. The summed E-state index contributed by atoms with van der Waals surface area (Å²) >= 11 is 0. The summed E-state index contributed by atoms with van der Waals surface area (Å²) in [4.78, 5) is 12.6. The molecule has 4 nitrogen and oxygen atoms in total. The molecule has 0 aromatic heterocycles. The van der Waals surface area contributed by atoms with Gasteiger partial charge < -0.3 is 11.5 Å². The Morgan fingerprint density at radius 2 is 2.17 bits per heavy atom. The monoisotopic (exact) mass is 173 g/mol. The summed E-state index contributed by atoms with van der Waals surface area (Å²) in [6.45, 7) is 5.98. The minimum Gasteiger partial charge on any atom is -0.369 e. The zero-order valence-electron chi connectivity index (χ0n) is 7.92. The molecule has 0 aromatic rings. The van der Waals surface area contributed by atoms with Gasteiger partial charge in [-0.15, -0.1) is 0 Å². The first-order valence-corrected chi connectivity index (χ1v) is 4.32. The van der Waals surface area contributed by atoms with Crippen molar-refractivity contribution in [1.82, 2.24) is 4.90 Å². The van der Waals surface area contributed by atoms with E-state index in [0.29, 0.717) is 6.54 Å². The van der Waals surface area contributed by atoms with Crippen molar-refractivity contribution >= 4 is 5.91 Å². The molecule has 0 rings (SSSR count). The van der Waals surface area contributed by atoms with Crippen LogP contribution in [0.15, 0.2) is 0 Å². The molecule has 1 amide bonds. The third-order valence-electron chi connectivity index (χ3n) is 1.73. The van der Waals surface area contributed by atoms with Gasteiger partial charge in [0.25, 0.3) is 0 Å². The quantitative estimate of drug-likeness (QED) is 0.570. The van der Waals surface area contributed by atoms with E-state index in [1.807, 2.05) is 18.7 Å². The van der Waals surface area contributed by atoms with Gasteiger partial charge in [0.1, 0.15) is 0 Å². The molecule has 0 saturated carbocycles. The summed E-state index contributed by atoms with van der Waals surface area (Å²) in [6.07, 6.45) is 0.904. The first-order valence-electron chi connectivity index (χ1n) is 4.32. The molecule has 0 bridgehead atoms. The van der Waals surface area contributed by atoms with Crippen LogP contribution in [0.3, 0.4) is 0 Å². The van der Waals surface area contributed by atoms with Crippen LogP contribution >= 0.6 is 0 Å². The van der Waals surface area contributed by atoms with Crippen LogP contribution < -0.4 is 11.5 Å². The van der Waals surface area contributed by atoms with Crippen LogP contribution in [0.5, 0.6) is 0 Å². The Bertz CT molecular complexity index is 136. The van der Waals surface area contributed by atoms with Gasteiger partial charge >= 0.3 is 0 Å². The second-order valence-corrected chi connectivity index (χ2v) is 3.10. The summed E-state index contributed by atoms with van der Waals surface area (Å²) in [6, 6.07) is 0.187. The summed E-state index contributed by atoms with van der Waals surface area (Å²) in [5.74, 6) is -0.276. The molecule has 0 aliphatic carbocycles. The Hall–Kier alpha value is -0.610. The average molecular weight is 173 g/mol. The smallest absolute Gasteiger partial charge is 0.231 e. The van der Waals surface area contributed by atoms with Gasteiger partial charge in [0.05, 0.1) is 6.54 Å². The van der Waals surface area contributed by atoms with Crippen molar-refractivity contribution in [2.75, 3.05) is 19.6 Å². The van der Waals surface area contributed by atoms with Gasteiger partial charge in [-0.1, -0.05) is 6.92 Å². The number of rotatable bonds is 6. The van der Waals surface area contributed by atoms with E-state index in [1.54, 1.807) is 0 Å². The van der Waals surface area contributed by atoms with Gasteiger partial charge in [-0.25, -0.2) is 0 Å². The molecule has 0 spiro atoms. The number of carbonyl (C=O) groups is 1. The summed E-state index contributed by atoms with van der Waals surface area (Å²) in [7, 11) is 0. The maximum Gasteiger partial charge on any atom is 0.231 e. The zero-order chi connectivity index (χ0) is 9.56. The van der Waals surface area contributed by atoms with Crippen LogP contribution in [0.2, 0.25) is 0 Å². The Kier molecular flexibility index (Phi) is 5.66. The standard InChI is InChI=1S/C8H19N3O/c1-3-11(6-8(10)12)5-4-7(2)9/h7H,3-6,9H2,1-2H3,(H2,10,12). The van der Waals surface area contributed by atoms with Crippen LogP contribution in [-0.4, -0.2) is 36.5 Å². The fraction of sp³-hybridized carbons (Fsp3) is 0.875. The third-order valence-corrected chi connectivity index (χ3v) is 1.73. The fourth-order valence-corrected chi connectivity index (χ4v) is 0.956. The minimum atomic E-state index is -0.276. The highest BCUT2D eigenvalue weighted by molar-refractivity contribution is 5.75. The molecule has 0 radical (unpaired) electrons. The van der Waals surface area contributed by atoms with E-state index >= 15 is 0 Å². The van der Waals surface area contributed by atoms with Gasteiger partial charge in [0.2, 0.25) is 5.91 Å². The zero-order valence-corrected chi connectivity index (χ0v) is 7.92. The van der Waals surface area contributed by atoms with Crippen molar-refractivity contribution in [2.24, 2.45) is 11.5 Å². The highest BCUT2D eigenvalue weighted by Crippen LogP contribution is 1.92. The molecule has 1 atom stereocenters.